The smallest absolute Gasteiger partial charge is 0.337 e. The normalized spacial score (nSPS) is 16.3. The Morgan fingerprint density at radius 3 is 2.74 bits per heavy atom. The van der Waals surface area contributed by atoms with E-state index in [1.54, 1.807) is 19.2 Å². The van der Waals surface area contributed by atoms with Crippen molar-refractivity contribution in [3.05, 3.63) is 59.2 Å². The molecule has 1 heterocycles. The van der Waals surface area contributed by atoms with E-state index in [1.807, 2.05) is 24.3 Å². The Morgan fingerprint density at radius 1 is 1.17 bits per heavy atom. The monoisotopic (exact) mass is 312 g/mol. The second-order valence-corrected chi connectivity index (χ2v) is 5.21. The topological polar surface area (TPSA) is 61.8 Å². The third kappa shape index (κ3) is 2.90. The molecule has 0 radical (unpaired) electrons. The van der Waals surface area contributed by atoms with Crippen LogP contribution in [0.25, 0.3) is 0 Å². The van der Waals surface area contributed by atoms with Crippen molar-refractivity contribution in [1.29, 1.82) is 0 Å². The number of Topliss-reactive ketones (excluding diaryl/α,β-unsaturated/α-hetero) is 1. The van der Waals surface area contributed by atoms with E-state index in [0.29, 0.717) is 22.6 Å². The van der Waals surface area contributed by atoms with E-state index >= 15 is 0 Å². The quantitative estimate of drug-likeness (QED) is 0.815. The summed E-state index contributed by atoms with van der Waals surface area (Å²) in [6, 6.07) is 12.2. The summed E-state index contributed by atoms with van der Waals surface area (Å²) in [5.41, 5.74) is 1.62. The highest BCUT2D eigenvalue weighted by Crippen LogP contribution is 2.36. The molecule has 5 nitrogen and oxygen atoms in total. The first-order valence-electron chi connectivity index (χ1n) is 7.18. The van der Waals surface area contributed by atoms with Gasteiger partial charge in [0.15, 0.2) is 5.78 Å². The lowest BCUT2D eigenvalue weighted by Gasteiger charge is -2.26. The fraction of sp³-hybridized carbons (Fsp3) is 0.222. The Hall–Kier alpha value is -2.82. The van der Waals surface area contributed by atoms with Crippen LogP contribution in [-0.4, -0.2) is 26.0 Å². The summed E-state index contributed by atoms with van der Waals surface area (Å²) in [7, 11) is 2.90. The van der Waals surface area contributed by atoms with Crippen LogP contribution in [0.5, 0.6) is 11.5 Å². The molecular formula is C18H16O5. The number of esters is 1. The van der Waals surface area contributed by atoms with Gasteiger partial charge < -0.3 is 14.2 Å². The van der Waals surface area contributed by atoms with Crippen molar-refractivity contribution in [2.75, 3.05) is 14.2 Å². The van der Waals surface area contributed by atoms with Crippen LogP contribution in [0.4, 0.5) is 0 Å². The van der Waals surface area contributed by atoms with Crippen LogP contribution >= 0.6 is 0 Å². The molecule has 3 rings (SSSR count). The van der Waals surface area contributed by atoms with Crippen LogP contribution in [0, 0.1) is 0 Å². The number of methoxy groups -OCH3 is 2. The SMILES string of the molecule is COC(=O)c1ccc2c(c1)C(=O)C[C@H](c1cccc(OC)c1)O2. The molecule has 0 fully saturated rings. The number of hydrogen-bond acceptors (Lipinski definition) is 5. The van der Waals surface area contributed by atoms with Crippen LogP contribution < -0.4 is 9.47 Å². The fourth-order valence-electron chi connectivity index (χ4n) is 2.60. The molecule has 23 heavy (non-hydrogen) atoms. The van der Waals surface area contributed by atoms with E-state index in [1.165, 1.54) is 13.2 Å². The first-order valence-corrected chi connectivity index (χ1v) is 7.18. The molecule has 0 spiro atoms. The molecule has 5 heteroatoms. The van der Waals surface area contributed by atoms with Crippen molar-refractivity contribution in [3.8, 4) is 11.5 Å². The lowest BCUT2D eigenvalue weighted by Crippen LogP contribution is -2.21. The molecule has 0 N–H and O–H groups in total. The Balaban J connectivity index is 1.92. The van der Waals surface area contributed by atoms with E-state index in [9.17, 15) is 9.59 Å². The van der Waals surface area contributed by atoms with Gasteiger partial charge in [-0.1, -0.05) is 12.1 Å². The van der Waals surface area contributed by atoms with Gasteiger partial charge in [-0.2, -0.15) is 0 Å². The summed E-state index contributed by atoms with van der Waals surface area (Å²) in [6.07, 6.45) is -0.154. The summed E-state index contributed by atoms with van der Waals surface area (Å²) >= 11 is 0. The number of carbonyl (C=O) groups is 2. The maximum atomic E-state index is 12.4. The number of rotatable bonds is 3. The molecule has 0 saturated heterocycles. The van der Waals surface area contributed by atoms with Crippen LogP contribution in [0.1, 0.15) is 38.8 Å². The molecule has 118 valence electrons. The molecule has 2 aromatic carbocycles. The number of benzene rings is 2. The predicted octanol–water partition coefficient (Wildman–Crippen LogP) is 3.19. The second-order valence-electron chi connectivity index (χ2n) is 5.21. The Bertz CT molecular complexity index is 766. The number of ether oxygens (including phenoxy) is 3. The van der Waals surface area contributed by atoms with Gasteiger partial charge in [0.2, 0.25) is 0 Å². The molecule has 0 unspecified atom stereocenters. The van der Waals surface area contributed by atoms with Gasteiger partial charge >= 0.3 is 5.97 Å². The molecule has 0 amide bonds. The molecule has 0 bridgehead atoms. The van der Waals surface area contributed by atoms with Crippen molar-refractivity contribution in [2.45, 2.75) is 12.5 Å². The van der Waals surface area contributed by atoms with Gasteiger partial charge in [-0.3, -0.25) is 4.79 Å². The highest BCUT2D eigenvalue weighted by molar-refractivity contribution is 6.02. The van der Waals surface area contributed by atoms with Gasteiger partial charge in [0.1, 0.15) is 17.6 Å². The minimum absolute atomic E-state index is 0.0650. The lowest BCUT2D eigenvalue weighted by molar-refractivity contribution is 0.0600. The maximum absolute atomic E-state index is 12.4. The zero-order valence-electron chi connectivity index (χ0n) is 12.9. The first-order chi connectivity index (χ1) is 11.1. The summed E-state index contributed by atoms with van der Waals surface area (Å²) in [6.45, 7) is 0. The van der Waals surface area contributed by atoms with Gasteiger partial charge in [-0.05, 0) is 35.9 Å². The van der Waals surface area contributed by atoms with Gasteiger partial charge in [0.25, 0.3) is 0 Å². The van der Waals surface area contributed by atoms with Crippen LogP contribution in [-0.2, 0) is 4.74 Å². The molecule has 2 aromatic rings. The molecule has 1 atom stereocenters. The average Bonchev–Trinajstić information content (AvgIpc) is 2.60. The number of carbonyl (C=O) groups excluding carboxylic acids is 2. The summed E-state index contributed by atoms with van der Waals surface area (Å²) in [5.74, 6) is 0.646. The number of fused-ring (bicyclic) bond motifs is 1. The van der Waals surface area contributed by atoms with Gasteiger partial charge in [0.05, 0.1) is 31.8 Å². The average molecular weight is 312 g/mol. The zero-order chi connectivity index (χ0) is 16.4. The Morgan fingerprint density at radius 2 is 2.00 bits per heavy atom. The highest BCUT2D eigenvalue weighted by Gasteiger charge is 2.28. The van der Waals surface area contributed by atoms with Crippen LogP contribution in [0.15, 0.2) is 42.5 Å². The van der Waals surface area contributed by atoms with Crippen molar-refractivity contribution >= 4 is 11.8 Å². The minimum atomic E-state index is -0.476. The zero-order valence-corrected chi connectivity index (χ0v) is 12.9. The van der Waals surface area contributed by atoms with Crippen LogP contribution in [0.2, 0.25) is 0 Å². The van der Waals surface area contributed by atoms with Gasteiger partial charge in [0, 0.05) is 0 Å². The van der Waals surface area contributed by atoms with Crippen molar-refractivity contribution in [3.63, 3.8) is 0 Å². The van der Waals surface area contributed by atoms with Gasteiger partial charge in [-0.25, -0.2) is 4.79 Å². The molecular weight excluding hydrogens is 296 g/mol. The lowest BCUT2D eigenvalue weighted by atomic mass is 9.95. The fourth-order valence-corrected chi connectivity index (χ4v) is 2.60. The van der Waals surface area contributed by atoms with E-state index < -0.39 is 5.97 Å². The third-order valence-corrected chi connectivity index (χ3v) is 3.81. The number of hydrogen-bond donors (Lipinski definition) is 0. The second kappa shape index (κ2) is 6.12. The van der Waals surface area contributed by atoms with Crippen molar-refractivity contribution in [2.24, 2.45) is 0 Å². The summed E-state index contributed by atoms with van der Waals surface area (Å²) in [5, 5.41) is 0. The van der Waals surface area contributed by atoms with E-state index in [0.717, 1.165) is 5.56 Å². The first kappa shape index (κ1) is 15.1. The van der Waals surface area contributed by atoms with Crippen LogP contribution in [0.3, 0.4) is 0 Å². The third-order valence-electron chi connectivity index (χ3n) is 3.81. The highest BCUT2D eigenvalue weighted by atomic mass is 16.5. The van der Waals surface area contributed by atoms with Crippen molar-refractivity contribution in [1.82, 2.24) is 0 Å². The van der Waals surface area contributed by atoms with Gasteiger partial charge in [-0.15, -0.1) is 0 Å². The van der Waals surface area contributed by atoms with E-state index in [2.05, 4.69) is 4.74 Å². The number of ketones is 1. The molecule has 1 aliphatic rings. The Kier molecular flexibility index (Phi) is 4.02. The summed E-state index contributed by atoms with van der Waals surface area (Å²) in [4.78, 5) is 24.0. The van der Waals surface area contributed by atoms with E-state index in [4.69, 9.17) is 9.47 Å². The van der Waals surface area contributed by atoms with Crippen molar-refractivity contribution < 1.29 is 23.8 Å². The Labute approximate surface area is 133 Å². The largest absolute Gasteiger partial charge is 0.497 e. The minimum Gasteiger partial charge on any atom is -0.497 e. The summed E-state index contributed by atoms with van der Waals surface area (Å²) < 4.78 is 15.8. The molecule has 1 aliphatic heterocycles. The molecule has 0 aromatic heterocycles. The maximum Gasteiger partial charge on any atom is 0.337 e. The van der Waals surface area contributed by atoms with E-state index in [-0.39, 0.29) is 18.3 Å². The molecule has 0 aliphatic carbocycles. The predicted molar refractivity (Wildman–Crippen MR) is 83.1 cm³/mol. The molecule has 0 saturated carbocycles. The standard InChI is InChI=1S/C18H16O5/c1-21-13-5-3-4-11(8-13)17-10-15(19)14-9-12(18(20)22-2)6-7-16(14)23-17/h3-9,17H,10H2,1-2H3/t17-/m1/s1.